The second-order valence-corrected chi connectivity index (χ2v) is 10.7. The molecule has 4 N–H and O–H groups in total. The lowest BCUT2D eigenvalue weighted by molar-refractivity contribution is -0.131. The zero-order valence-electron chi connectivity index (χ0n) is 23.5. The van der Waals surface area contributed by atoms with Gasteiger partial charge in [-0.15, -0.1) is 0 Å². The summed E-state index contributed by atoms with van der Waals surface area (Å²) in [4.78, 5) is 12.3. The van der Waals surface area contributed by atoms with Crippen molar-refractivity contribution in [2.24, 2.45) is 0 Å². The molecule has 0 bridgehead atoms. The van der Waals surface area contributed by atoms with Gasteiger partial charge in [0, 0.05) is 0 Å². The molecule has 3 unspecified atom stereocenters. The third-order valence-corrected chi connectivity index (χ3v) is 7.23. The fourth-order valence-corrected chi connectivity index (χ4v) is 4.72. The van der Waals surface area contributed by atoms with Gasteiger partial charge in [-0.25, -0.2) is 0 Å². The standard InChI is InChI=1S/C30H61NO4/c1-3-5-7-9-11-13-15-17-18-20-22-24-28(33)27(26-32)31-30(35)29(34)25-23-21-19-16-14-12-10-8-6-4-2/h27-29,32-34H,3-26H2,1-2H3,(H,31,35). The molecule has 0 spiro atoms. The summed E-state index contributed by atoms with van der Waals surface area (Å²) in [5.41, 5.74) is 0. The highest BCUT2D eigenvalue weighted by molar-refractivity contribution is 5.80. The Morgan fingerprint density at radius 1 is 0.571 bits per heavy atom. The summed E-state index contributed by atoms with van der Waals surface area (Å²) in [5, 5.41) is 32.8. The summed E-state index contributed by atoms with van der Waals surface area (Å²) < 4.78 is 0. The first kappa shape index (κ1) is 34.4. The quantitative estimate of drug-likeness (QED) is 0.0900. The second kappa shape index (κ2) is 26.4. The number of unbranched alkanes of at least 4 members (excludes halogenated alkanes) is 19. The molecular weight excluding hydrogens is 438 g/mol. The Kier molecular flexibility index (Phi) is 25.9. The maximum absolute atomic E-state index is 12.3. The third kappa shape index (κ3) is 22.3. The van der Waals surface area contributed by atoms with Crippen LogP contribution in [0.2, 0.25) is 0 Å². The number of aliphatic hydroxyl groups excluding tert-OH is 3. The molecule has 0 aliphatic heterocycles. The largest absolute Gasteiger partial charge is 0.394 e. The predicted molar refractivity (Wildman–Crippen MR) is 149 cm³/mol. The van der Waals surface area contributed by atoms with Crippen LogP contribution >= 0.6 is 0 Å². The minimum Gasteiger partial charge on any atom is -0.394 e. The minimum absolute atomic E-state index is 0.310. The van der Waals surface area contributed by atoms with Crippen molar-refractivity contribution in [1.29, 1.82) is 0 Å². The Morgan fingerprint density at radius 2 is 0.914 bits per heavy atom. The average Bonchev–Trinajstić information content (AvgIpc) is 2.86. The van der Waals surface area contributed by atoms with Crippen LogP contribution < -0.4 is 5.32 Å². The summed E-state index contributed by atoms with van der Waals surface area (Å²) in [6, 6.07) is -0.701. The van der Waals surface area contributed by atoms with E-state index in [1.807, 2.05) is 0 Å². The first-order valence-electron chi connectivity index (χ1n) is 15.3. The Morgan fingerprint density at radius 3 is 1.29 bits per heavy atom. The van der Waals surface area contributed by atoms with Crippen molar-refractivity contribution in [2.75, 3.05) is 6.61 Å². The molecular formula is C30H61NO4. The molecule has 1 amide bonds. The van der Waals surface area contributed by atoms with Gasteiger partial charge in [0.25, 0.3) is 0 Å². The summed E-state index contributed by atoms with van der Waals surface area (Å²) in [5.74, 6) is -0.474. The number of amides is 1. The Hall–Kier alpha value is -0.650. The van der Waals surface area contributed by atoms with E-state index < -0.39 is 24.2 Å². The molecule has 0 aromatic carbocycles. The van der Waals surface area contributed by atoms with Crippen LogP contribution in [0, 0.1) is 0 Å². The molecule has 0 saturated carbocycles. The molecule has 0 saturated heterocycles. The highest BCUT2D eigenvalue weighted by atomic mass is 16.3. The maximum atomic E-state index is 12.3. The van der Waals surface area contributed by atoms with Gasteiger partial charge in [0.2, 0.25) is 5.91 Å². The van der Waals surface area contributed by atoms with Crippen LogP contribution in [-0.2, 0) is 4.79 Å². The van der Waals surface area contributed by atoms with Gasteiger partial charge in [-0.1, -0.05) is 149 Å². The van der Waals surface area contributed by atoms with Gasteiger partial charge in [0.05, 0.1) is 18.8 Å². The normalized spacial score (nSPS) is 14.1. The first-order chi connectivity index (χ1) is 17.1. The topological polar surface area (TPSA) is 89.8 Å². The number of nitrogens with one attached hydrogen (secondary N) is 1. The van der Waals surface area contributed by atoms with E-state index in [1.165, 1.54) is 103 Å². The number of carbonyl (C=O) groups excluding carboxylic acids is 1. The van der Waals surface area contributed by atoms with E-state index in [4.69, 9.17) is 0 Å². The van der Waals surface area contributed by atoms with Gasteiger partial charge >= 0.3 is 0 Å². The SMILES string of the molecule is CCCCCCCCCCCCCC(O)C(CO)NC(=O)C(O)CCCCCCCCCCCC. The number of rotatable bonds is 27. The van der Waals surface area contributed by atoms with Crippen LogP contribution in [0.15, 0.2) is 0 Å². The number of hydrogen-bond acceptors (Lipinski definition) is 4. The molecule has 5 heteroatoms. The van der Waals surface area contributed by atoms with Crippen LogP contribution in [0.4, 0.5) is 0 Å². The molecule has 0 radical (unpaired) electrons. The van der Waals surface area contributed by atoms with Crippen LogP contribution in [0.3, 0.4) is 0 Å². The van der Waals surface area contributed by atoms with E-state index in [9.17, 15) is 20.1 Å². The predicted octanol–water partition coefficient (Wildman–Crippen LogP) is 7.20. The molecule has 3 atom stereocenters. The van der Waals surface area contributed by atoms with E-state index in [0.717, 1.165) is 32.1 Å². The van der Waals surface area contributed by atoms with Crippen molar-refractivity contribution in [3.8, 4) is 0 Å². The van der Waals surface area contributed by atoms with Gasteiger partial charge in [0.15, 0.2) is 0 Å². The zero-order valence-corrected chi connectivity index (χ0v) is 23.5. The van der Waals surface area contributed by atoms with Crippen molar-refractivity contribution in [3.05, 3.63) is 0 Å². The van der Waals surface area contributed by atoms with Crippen LogP contribution in [0.1, 0.15) is 162 Å². The van der Waals surface area contributed by atoms with Gasteiger partial charge in [0.1, 0.15) is 6.10 Å². The second-order valence-electron chi connectivity index (χ2n) is 10.7. The number of hydrogen-bond donors (Lipinski definition) is 4. The summed E-state index contributed by atoms with van der Waals surface area (Å²) in [6.07, 6.45) is 25.1. The molecule has 0 aromatic heterocycles. The van der Waals surface area contributed by atoms with Crippen molar-refractivity contribution in [1.82, 2.24) is 5.32 Å². The molecule has 0 aliphatic rings. The molecule has 0 fully saturated rings. The smallest absolute Gasteiger partial charge is 0.249 e. The van der Waals surface area contributed by atoms with Gasteiger partial charge in [-0.2, -0.15) is 0 Å². The average molecular weight is 500 g/mol. The summed E-state index contributed by atoms with van der Waals surface area (Å²) >= 11 is 0. The van der Waals surface area contributed by atoms with E-state index in [1.54, 1.807) is 0 Å². The fourth-order valence-electron chi connectivity index (χ4n) is 4.72. The lowest BCUT2D eigenvalue weighted by atomic mass is 10.0. The molecule has 0 heterocycles. The van der Waals surface area contributed by atoms with Gasteiger partial charge in [-0.3, -0.25) is 4.79 Å². The van der Waals surface area contributed by atoms with Gasteiger partial charge < -0.3 is 20.6 Å². The molecule has 5 nitrogen and oxygen atoms in total. The minimum atomic E-state index is -1.06. The molecule has 35 heavy (non-hydrogen) atoms. The Bertz CT molecular complexity index is 446. The van der Waals surface area contributed by atoms with Crippen LogP contribution in [0.25, 0.3) is 0 Å². The highest BCUT2D eigenvalue weighted by Crippen LogP contribution is 2.14. The van der Waals surface area contributed by atoms with Gasteiger partial charge in [-0.05, 0) is 12.8 Å². The van der Waals surface area contributed by atoms with Crippen molar-refractivity contribution >= 4 is 5.91 Å². The lowest BCUT2D eigenvalue weighted by Crippen LogP contribution is -2.49. The molecule has 0 aliphatic carbocycles. The van der Waals surface area contributed by atoms with E-state index >= 15 is 0 Å². The lowest BCUT2D eigenvalue weighted by Gasteiger charge is -2.23. The number of carbonyl (C=O) groups is 1. The maximum Gasteiger partial charge on any atom is 0.249 e. The highest BCUT2D eigenvalue weighted by Gasteiger charge is 2.23. The summed E-state index contributed by atoms with van der Waals surface area (Å²) in [7, 11) is 0. The third-order valence-electron chi connectivity index (χ3n) is 7.23. The van der Waals surface area contributed by atoms with Crippen molar-refractivity contribution < 1.29 is 20.1 Å². The first-order valence-corrected chi connectivity index (χ1v) is 15.3. The molecule has 210 valence electrons. The Labute approximate surface area is 217 Å². The molecule has 0 rings (SSSR count). The monoisotopic (exact) mass is 499 g/mol. The van der Waals surface area contributed by atoms with Crippen LogP contribution in [-0.4, -0.2) is 46.1 Å². The number of aliphatic hydroxyl groups is 3. The van der Waals surface area contributed by atoms with Crippen molar-refractivity contribution in [3.63, 3.8) is 0 Å². The molecule has 0 aromatic rings. The summed E-state index contributed by atoms with van der Waals surface area (Å²) in [6.45, 7) is 4.17. The van der Waals surface area contributed by atoms with E-state index in [2.05, 4.69) is 19.2 Å². The zero-order chi connectivity index (χ0) is 26.0. The van der Waals surface area contributed by atoms with E-state index in [-0.39, 0.29) is 6.61 Å². The van der Waals surface area contributed by atoms with Crippen molar-refractivity contribution in [2.45, 2.75) is 180 Å². The fraction of sp³-hybridized carbons (Fsp3) is 0.967. The van der Waals surface area contributed by atoms with E-state index in [0.29, 0.717) is 12.8 Å². The Balaban J connectivity index is 3.75. The van der Waals surface area contributed by atoms with Crippen LogP contribution in [0.5, 0.6) is 0 Å².